The molecular formula is C18H19FO6S. The van der Waals surface area contributed by atoms with Crippen LogP contribution in [0.25, 0.3) is 0 Å². The standard InChI is InChI=1S/C18H19FO6S/c1-18(2)10-11-6-5-7-13(17(11)24-18)25-26(20,21)16-9-15(23-4)14(22-3)8-12(16)19/h5-9H,10H2,1-4H3. The van der Waals surface area contributed by atoms with Crippen molar-refractivity contribution in [3.05, 3.63) is 41.7 Å². The van der Waals surface area contributed by atoms with Gasteiger partial charge in [-0.15, -0.1) is 0 Å². The fraction of sp³-hybridized carbons (Fsp3) is 0.333. The zero-order valence-corrected chi connectivity index (χ0v) is 15.6. The fourth-order valence-corrected chi connectivity index (χ4v) is 3.85. The average Bonchev–Trinajstić information content (AvgIpc) is 2.89. The van der Waals surface area contributed by atoms with Crippen LogP contribution in [0.4, 0.5) is 4.39 Å². The minimum Gasteiger partial charge on any atom is -0.493 e. The number of ether oxygens (including phenoxy) is 3. The number of para-hydroxylation sites is 1. The third-order valence-electron chi connectivity index (χ3n) is 3.96. The van der Waals surface area contributed by atoms with Crippen LogP contribution < -0.4 is 18.4 Å². The molecule has 0 amide bonds. The second-order valence-corrected chi connectivity index (χ2v) is 7.97. The maximum absolute atomic E-state index is 14.3. The summed E-state index contributed by atoms with van der Waals surface area (Å²) in [5.41, 5.74) is 0.357. The number of fused-ring (bicyclic) bond motifs is 1. The first-order chi connectivity index (χ1) is 12.2. The van der Waals surface area contributed by atoms with E-state index in [0.717, 1.165) is 17.7 Å². The molecule has 0 radical (unpaired) electrons. The van der Waals surface area contributed by atoms with Crippen molar-refractivity contribution in [3.8, 4) is 23.0 Å². The number of rotatable bonds is 5. The zero-order chi connectivity index (χ0) is 19.1. The molecule has 0 fully saturated rings. The highest BCUT2D eigenvalue weighted by Gasteiger charge is 2.34. The van der Waals surface area contributed by atoms with Gasteiger partial charge in [0.05, 0.1) is 14.2 Å². The molecule has 2 aromatic rings. The molecule has 1 aliphatic rings. The molecule has 3 rings (SSSR count). The third-order valence-corrected chi connectivity index (χ3v) is 5.21. The smallest absolute Gasteiger partial charge is 0.342 e. The summed E-state index contributed by atoms with van der Waals surface area (Å²) in [6, 6.07) is 6.93. The number of methoxy groups -OCH3 is 2. The van der Waals surface area contributed by atoms with E-state index in [9.17, 15) is 12.8 Å². The van der Waals surface area contributed by atoms with Gasteiger partial charge in [0.25, 0.3) is 0 Å². The molecule has 6 nitrogen and oxygen atoms in total. The second-order valence-electron chi connectivity index (χ2n) is 6.46. The van der Waals surface area contributed by atoms with Crippen LogP contribution in [0, 0.1) is 5.82 Å². The molecule has 26 heavy (non-hydrogen) atoms. The van der Waals surface area contributed by atoms with Crippen molar-refractivity contribution in [3.63, 3.8) is 0 Å². The molecule has 0 saturated carbocycles. The Morgan fingerprint density at radius 1 is 1.08 bits per heavy atom. The van der Waals surface area contributed by atoms with Crippen molar-refractivity contribution in [2.24, 2.45) is 0 Å². The molecule has 0 saturated heterocycles. The van der Waals surface area contributed by atoms with Crippen LogP contribution in [0.15, 0.2) is 35.2 Å². The van der Waals surface area contributed by atoms with E-state index < -0.39 is 26.4 Å². The Bertz CT molecular complexity index is 952. The Labute approximate surface area is 151 Å². The van der Waals surface area contributed by atoms with Crippen LogP contribution in [0.3, 0.4) is 0 Å². The van der Waals surface area contributed by atoms with Gasteiger partial charge in [-0.25, -0.2) is 4.39 Å². The molecule has 0 aliphatic carbocycles. The predicted molar refractivity (Wildman–Crippen MR) is 92.2 cm³/mol. The molecule has 140 valence electrons. The van der Waals surface area contributed by atoms with E-state index in [0.29, 0.717) is 12.2 Å². The van der Waals surface area contributed by atoms with Gasteiger partial charge in [-0.1, -0.05) is 12.1 Å². The topological polar surface area (TPSA) is 71.1 Å². The summed E-state index contributed by atoms with van der Waals surface area (Å²) in [4.78, 5) is -0.648. The molecule has 0 atom stereocenters. The van der Waals surface area contributed by atoms with Crippen LogP contribution in [0.2, 0.25) is 0 Å². The quantitative estimate of drug-likeness (QED) is 0.739. The van der Waals surface area contributed by atoms with Crippen molar-refractivity contribution in [1.82, 2.24) is 0 Å². The average molecular weight is 382 g/mol. The molecule has 0 bridgehead atoms. The molecule has 1 heterocycles. The molecule has 0 spiro atoms. The van der Waals surface area contributed by atoms with E-state index >= 15 is 0 Å². The van der Waals surface area contributed by atoms with E-state index in [-0.39, 0.29) is 17.2 Å². The van der Waals surface area contributed by atoms with Gasteiger partial charge >= 0.3 is 10.1 Å². The summed E-state index contributed by atoms with van der Waals surface area (Å²) in [7, 11) is -1.80. The van der Waals surface area contributed by atoms with E-state index in [1.54, 1.807) is 6.07 Å². The number of hydrogen-bond donors (Lipinski definition) is 0. The summed E-state index contributed by atoms with van der Waals surface area (Å²) in [5, 5.41) is 0. The molecule has 1 aliphatic heterocycles. The lowest BCUT2D eigenvalue weighted by Crippen LogP contribution is -2.24. The van der Waals surface area contributed by atoms with Crippen LogP contribution in [0.5, 0.6) is 23.0 Å². The highest BCUT2D eigenvalue weighted by molar-refractivity contribution is 7.87. The van der Waals surface area contributed by atoms with Crippen molar-refractivity contribution in [1.29, 1.82) is 0 Å². The Kier molecular flexibility index (Phi) is 4.47. The maximum Gasteiger partial charge on any atom is 0.342 e. The summed E-state index contributed by atoms with van der Waals surface area (Å²) in [6.07, 6.45) is 0.615. The number of hydrogen-bond acceptors (Lipinski definition) is 6. The largest absolute Gasteiger partial charge is 0.493 e. The van der Waals surface area contributed by atoms with Crippen molar-refractivity contribution < 1.29 is 31.2 Å². The van der Waals surface area contributed by atoms with Gasteiger partial charge in [0, 0.05) is 24.1 Å². The first-order valence-electron chi connectivity index (χ1n) is 7.84. The van der Waals surface area contributed by atoms with Gasteiger partial charge in [-0.05, 0) is 19.9 Å². The third kappa shape index (κ3) is 3.29. The Balaban J connectivity index is 2.01. The summed E-state index contributed by atoms with van der Waals surface area (Å²) < 4.78 is 60.6. The van der Waals surface area contributed by atoms with E-state index in [2.05, 4.69) is 0 Å². The Morgan fingerprint density at radius 2 is 1.73 bits per heavy atom. The molecule has 2 aromatic carbocycles. The van der Waals surface area contributed by atoms with E-state index in [1.807, 2.05) is 19.9 Å². The normalized spacial score (nSPS) is 15.1. The highest BCUT2D eigenvalue weighted by atomic mass is 32.2. The summed E-state index contributed by atoms with van der Waals surface area (Å²) in [6.45, 7) is 3.78. The van der Waals surface area contributed by atoms with Crippen molar-refractivity contribution in [2.75, 3.05) is 14.2 Å². The van der Waals surface area contributed by atoms with Crippen molar-refractivity contribution >= 4 is 10.1 Å². The lowest BCUT2D eigenvalue weighted by molar-refractivity contribution is 0.136. The molecule has 0 aromatic heterocycles. The van der Waals surface area contributed by atoms with Gasteiger partial charge in [-0.2, -0.15) is 8.42 Å². The Hall–Kier alpha value is -2.48. The Morgan fingerprint density at radius 3 is 2.38 bits per heavy atom. The second kappa shape index (κ2) is 6.35. The molecule has 8 heteroatoms. The zero-order valence-electron chi connectivity index (χ0n) is 14.8. The maximum atomic E-state index is 14.3. The van der Waals surface area contributed by atoms with Crippen LogP contribution >= 0.6 is 0 Å². The van der Waals surface area contributed by atoms with Crippen LogP contribution in [0.1, 0.15) is 19.4 Å². The molecule has 0 unspecified atom stereocenters. The van der Waals surface area contributed by atoms with Gasteiger partial charge in [0.1, 0.15) is 16.3 Å². The highest BCUT2D eigenvalue weighted by Crippen LogP contribution is 2.43. The van der Waals surface area contributed by atoms with Gasteiger partial charge in [0.15, 0.2) is 23.0 Å². The number of benzene rings is 2. The first-order valence-corrected chi connectivity index (χ1v) is 9.24. The molecule has 0 N–H and O–H groups in total. The van der Waals surface area contributed by atoms with Gasteiger partial charge < -0.3 is 18.4 Å². The predicted octanol–water partition coefficient (Wildman–Crippen LogP) is 3.32. The minimum atomic E-state index is -4.45. The van der Waals surface area contributed by atoms with Crippen molar-refractivity contribution in [2.45, 2.75) is 30.8 Å². The first kappa shape index (κ1) is 18.3. The van der Waals surface area contributed by atoms with Gasteiger partial charge in [-0.3, -0.25) is 0 Å². The summed E-state index contributed by atoms with van der Waals surface area (Å²) in [5.74, 6) is -0.484. The molecular weight excluding hydrogens is 363 g/mol. The van der Waals surface area contributed by atoms with Gasteiger partial charge in [0.2, 0.25) is 0 Å². The summed E-state index contributed by atoms with van der Waals surface area (Å²) >= 11 is 0. The lowest BCUT2D eigenvalue weighted by Gasteiger charge is -2.18. The fourth-order valence-electron chi connectivity index (χ4n) is 2.84. The SMILES string of the molecule is COc1cc(F)c(S(=O)(=O)Oc2cccc3c2OC(C)(C)C3)cc1OC. The minimum absolute atomic E-state index is 0.0160. The monoisotopic (exact) mass is 382 g/mol. The van der Waals surface area contributed by atoms with Crippen LogP contribution in [-0.2, 0) is 16.5 Å². The van der Waals surface area contributed by atoms with E-state index in [1.165, 1.54) is 20.3 Å². The van der Waals surface area contributed by atoms with E-state index in [4.69, 9.17) is 18.4 Å². The number of halogens is 1. The van der Waals surface area contributed by atoms with Crippen LogP contribution in [-0.4, -0.2) is 28.2 Å². The lowest BCUT2D eigenvalue weighted by atomic mass is 10.0.